The van der Waals surface area contributed by atoms with E-state index in [1.807, 2.05) is 19.9 Å². The van der Waals surface area contributed by atoms with Crippen LogP contribution in [0.2, 0.25) is 0 Å². The molecule has 4 nitrogen and oxygen atoms in total. The fourth-order valence-electron chi connectivity index (χ4n) is 4.15. The Morgan fingerprint density at radius 3 is 2.23 bits per heavy atom. The van der Waals surface area contributed by atoms with Crippen molar-refractivity contribution in [2.75, 3.05) is 26.9 Å². The first-order valence-corrected chi connectivity index (χ1v) is 10.6. The smallest absolute Gasteiger partial charge is 0.161 e. The van der Waals surface area contributed by atoms with Crippen molar-refractivity contribution < 1.29 is 14.2 Å². The second-order valence-corrected chi connectivity index (χ2v) is 7.32. The van der Waals surface area contributed by atoms with Gasteiger partial charge in [0.25, 0.3) is 0 Å². The zero-order valence-electron chi connectivity index (χ0n) is 17.9. The van der Waals surface area contributed by atoms with E-state index in [1.54, 1.807) is 7.11 Å². The van der Waals surface area contributed by atoms with Crippen molar-refractivity contribution in [2.24, 2.45) is 0 Å². The lowest BCUT2D eigenvalue weighted by molar-refractivity contribution is 0.286. The summed E-state index contributed by atoms with van der Waals surface area (Å²) in [5.41, 5.74) is 6.01. The molecule has 0 aliphatic carbocycles. The lowest BCUT2D eigenvalue weighted by Crippen LogP contribution is -2.31. The van der Waals surface area contributed by atoms with Crippen LogP contribution in [0.4, 0.5) is 0 Å². The summed E-state index contributed by atoms with van der Waals surface area (Å²) in [6, 6.07) is 21.2. The molecule has 0 amide bonds. The van der Waals surface area contributed by atoms with E-state index in [9.17, 15) is 0 Å². The Labute approximate surface area is 178 Å². The summed E-state index contributed by atoms with van der Waals surface area (Å²) in [6.45, 7) is 6.12. The topological polar surface area (TPSA) is 39.7 Å². The number of fused-ring (bicyclic) bond motifs is 1. The number of hydrogen-bond acceptors (Lipinski definition) is 4. The summed E-state index contributed by atoms with van der Waals surface area (Å²) in [5, 5.41) is 3.69. The van der Waals surface area contributed by atoms with Crippen molar-refractivity contribution in [1.82, 2.24) is 5.32 Å². The van der Waals surface area contributed by atoms with Gasteiger partial charge < -0.3 is 19.5 Å². The molecule has 0 saturated carbocycles. The first-order valence-electron chi connectivity index (χ1n) is 10.6. The maximum Gasteiger partial charge on any atom is 0.161 e. The van der Waals surface area contributed by atoms with Gasteiger partial charge in [0.05, 0.1) is 26.4 Å². The predicted molar refractivity (Wildman–Crippen MR) is 121 cm³/mol. The average molecular weight is 404 g/mol. The highest BCUT2D eigenvalue weighted by atomic mass is 16.5. The maximum atomic E-state index is 5.91. The third kappa shape index (κ3) is 4.01. The Morgan fingerprint density at radius 2 is 1.53 bits per heavy atom. The van der Waals surface area contributed by atoms with E-state index in [-0.39, 0.29) is 6.04 Å². The molecule has 4 rings (SSSR count). The van der Waals surface area contributed by atoms with Gasteiger partial charge in [-0.3, -0.25) is 0 Å². The van der Waals surface area contributed by atoms with Gasteiger partial charge in [-0.1, -0.05) is 36.4 Å². The number of ether oxygens (including phenoxy) is 3. The van der Waals surface area contributed by atoms with E-state index in [4.69, 9.17) is 14.2 Å². The molecule has 1 aliphatic rings. The van der Waals surface area contributed by atoms with Crippen LogP contribution in [0.25, 0.3) is 11.1 Å². The molecule has 3 aromatic rings. The van der Waals surface area contributed by atoms with Gasteiger partial charge in [0.2, 0.25) is 0 Å². The minimum absolute atomic E-state index is 0.0299. The monoisotopic (exact) mass is 403 g/mol. The molecule has 1 unspecified atom stereocenters. The minimum atomic E-state index is 0.0299. The Kier molecular flexibility index (Phi) is 6.24. The van der Waals surface area contributed by atoms with Crippen LogP contribution in [0.1, 0.15) is 36.6 Å². The van der Waals surface area contributed by atoms with Gasteiger partial charge in [-0.05, 0) is 66.8 Å². The molecule has 1 heterocycles. The van der Waals surface area contributed by atoms with Gasteiger partial charge in [0, 0.05) is 12.1 Å². The highest BCUT2D eigenvalue weighted by Gasteiger charge is 2.26. The Morgan fingerprint density at radius 1 is 0.800 bits per heavy atom. The van der Waals surface area contributed by atoms with Crippen molar-refractivity contribution in [2.45, 2.75) is 26.3 Å². The van der Waals surface area contributed by atoms with Gasteiger partial charge >= 0.3 is 0 Å². The normalized spacial score (nSPS) is 15.4. The summed E-state index contributed by atoms with van der Waals surface area (Å²) in [7, 11) is 1.73. The molecule has 3 aromatic carbocycles. The molecule has 156 valence electrons. The van der Waals surface area contributed by atoms with E-state index >= 15 is 0 Å². The summed E-state index contributed by atoms with van der Waals surface area (Å²) >= 11 is 0. The highest BCUT2D eigenvalue weighted by Crippen LogP contribution is 2.41. The van der Waals surface area contributed by atoms with Crippen LogP contribution in [-0.2, 0) is 6.42 Å². The molecule has 0 spiro atoms. The largest absolute Gasteiger partial charge is 0.496 e. The third-order valence-electron chi connectivity index (χ3n) is 5.51. The maximum absolute atomic E-state index is 5.91. The van der Waals surface area contributed by atoms with E-state index in [0.717, 1.165) is 35.8 Å². The number of nitrogens with one attached hydrogen (secondary N) is 1. The molecule has 30 heavy (non-hydrogen) atoms. The fourth-order valence-corrected chi connectivity index (χ4v) is 4.15. The molecule has 0 fully saturated rings. The lowest BCUT2D eigenvalue weighted by atomic mass is 9.87. The van der Waals surface area contributed by atoms with Crippen LogP contribution < -0.4 is 19.5 Å². The molecule has 0 saturated heterocycles. The van der Waals surface area contributed by atoms with Crippen LogP contribution in [0.5, 0.6) is 17.2 Å². The van der Waals surface area contributed by atoms with Crippen LogP contribution in [-0.4, -0.2) is 26.9 Å². The molecular formula is C26H29NO3. The van der Waals surface area contributed by atoms with Crippen LogP contribution in [0, 0.1) is 0 Å². The quantitative estimate of drug-likeness (QED) is 0.574. The number of rotatable bonds is 7. The molecule has 0 aromatic heterocycles. The van der Waals surface area contributed by atoms with Gasteiger partial charge in [0.1, 0.15) is 5.75 Å². The number of benzene rings is 3. The first kappa shape index (κ1) is 20.3. The van der Waals surface area contributed by atoms with Gasteiger partial charge in [0.15, 0.2) is 11.5 Å². The number of methoxy groups -OCH3 is 1. The van der Waals surface area contributed by atoms with Crippen molar-refractivity contribution in [3.63, 3.8) is 0 Å². The van der Waals surface area contributed by atoms with E-state index in [0.29, 0.717) is 13.2 Å². The van der Waals surface area contributed by atoms with Crippen molar-refractivity contribution in [3.8, 4) is 28.4 Å². The Balaban J connectivity index is 1.81. The Bertz CT molecular complexity index is 1000. The van der Waals surface area contributed by atoms with E-state index in [1.165, 1.54) is 22.3 Å². The summed E-state index contributed by atoms with van der Waals surface area (Å²) in [5.74, 6) is 2.50. The van der Waals surface area contributed by atoms with Crippen molar-refractivity contribution in [1.29, 1.82) is 0 Å². The van der Waals surface area contributed by atoms with Gasteiger partial charge in [-0.25, -0.2) is 0 Å². The fraction of sp³-hybridized carbons (Fsp3) is 0.308. The lowest BCUT2D eigenvalue weighted by Gasteiger charge is -2.30. The molecule has 4 heteroatoms. The second kappa shape index (κ2) is 9.23. The summed E-state index contributed by atoms with van der Waals surface area (Å²) in [6.07, 6.45) is 0.957. The SMILES string of the molecule is CCOc1cc2c(cc1OCC)C(c1cc(-c3ccccc3)ccc1OC)NCC2. The van der Waals surface area contributed by atoms with Crippen LogP contribution in [0.15, 0.2) is 60.7 Å². The number of hydrogen-bond donors (Lipinski definition) is 1. The van der Waals surface area contributed by atoms with Crippen molar-refractivity contribution in [3.05, 3.63) is 77.4 Å². The highest BCUT2D eigenvalue weighted by molar-refractivity contribution is 5.67. The molecular weight excluding hydrogens is 374 g/mol. The third-order valence-corrected chi connectivity index (χ3v) is 5.51. The summed E-state index contributed by atoms with van der Waals surface area (Å²) < 4.78 is 17.5. The van der Waals surface area contributed by atoms with Crippen LogP contribution in [0.3, 0.4) is 0 Å². The molecule has 1 atom stereocenters. The Hall–Kier alpha value is -2.98. The average Bonchev–Trinajstić information content (AvgIpc) is 2.79. The predicted octanol–water partition coefficient (Wildman–Crippen LogP) is 5.39. The first-order chi connectivity index (χ1) is 14.7. The van der Waals surface area contributed by atoms with E-state index < -0.39 is 0 Å². The second-order valence-electron chi connectivity index (χ2n) is 7.32. The minimum Gasteiger partial charge on any atom is -0.496 e. The molecule has 1 aliphatic heterocycles. The van der Waals surface area contributed by atoms with Gasteiger partial charge in [-0.2, -0.15) is 0 Å². The summed E-state index contributed by atoms with van der Waals surface area (Å²) in [4.78, 5) is 0. The molecule has 1 N–H and O–H groups in total. The molecule has 0 radical (unpaired) electrons. The zero-order chi connectivity index (χ0) is 20.9. The van der Waals surface area contributed by atoms with Crippen molar-refractivity contribution >= 4 is 0 Å². The zero-order valence-corrected chi connectivity index (χ0v) is 17.9. The van der Waals surface area contributed by atoms with Crippen LogP contribution >= 0.6 is 0 Å². The standard InChI is InChI=1S/C26H29NO3/c1-4-29-24-16-20-13-14-27-26(21(20)17-25(24)30-5-2)22-15-19(11-12-23(22)28-3)18-9-7-6-8-10-18/h6-12,15-17,26-27H,4-5,13-14H2,1-3H3. The van der Waals surface area contributed by atoms with E-state index in [2.05, 4.69) is 59.9 Å². The molecule has 0 bridgehead atoms. The van der Waals surface area contributed by atoms with Gasteiger partial charge in [-0.15, -0.1) is 0 Å².